The van der Waals surface area contributed by atoms with Gasteiger partial charge in [-0.3, -0.25) is 9.69 Å². The fourth-order valence-electron chi connectivity index (χ4n) is 2.46. The highest BCUT2D eigenvalue weighted by Crippen LogP contribution is 2.25. The SMILES string of the molecule is CCC(C(=O)O)N1CCOC(c2ccc(F)c(F)c2)C1. The highest BCUT2D eigenvalue weighted by molar-refractivity contribution is 5.73. The molecule has 0 amide bonds. The van der Waals surface area contributed by atoms with E-state index in [0.717, 1.165) is 12.1 Å². The molecule has 2 atom stereocenters. The third-order valence-electron chi connectivity index (χ3n) is 3.53. The molecule has 1 aliphatic rings. The van der Waals surface area contributed by atoms with E-state index in [1.54, 1.807) is 11.8 Å². The van der Waals surface area contributed by atoms with E-state index >= 15 is 0 Å². The molecule has 110 valence electrons. The molecule has 2 rings (SSSR count). The molecule has 1 saturated heterocycles. The molecule has 0 aromatic heterocycles. The smallest absolute Gasteiger partial charge is 0.320 e. The summed E-state index contributed by atoms with van der Waals surface area (Å²) < 4.78 is 31.7. The Morgan fingerprint density at radius 1 is 1.50 bits per heavy atom. The molecule has 0 saturated carbocycles. The largest absolute Gasteiger partial charge is 0.480 e. The molecule has 0 radical (unpaired) electrons. The molecule has 0 spiro atoms. The highest BCUT2D eigenvalue weighted by atomic mass is 19.2. The van der Waals surface area contributed by atoms with Crippen molar-refractivity contribution < 1.29 is 23.4 Å². The fourth-order valence-corrected chi connectivity index (χ4v) is 2.46. The van der Waals surface area contributed by atoms with Crippen molar-refractivity contribution in [2.75, 3.05) is 19.7 Å². The van der Waals surface area contributed by atoms with E-state index < -0.39 is 29.7 Å². The standard InChI is InChI=1S/C14H17F2NO3/c1-2-12(14(18)19)17-5-6-20-13(8-17)9-3-4-10(15)11(16)7-9/h3-4,7,12-13H,2,5-6,8H2,1H3,(H,18,19). The fraction of sp³-hybridized carbons (Fsp3) is 0.500. The number of carboxylic acids is 1. The number of carboxylic acid groups (broad SMARTS) is 1. The van der Waals surface area contributed by atoms with Crippen molar-refractivity contribution in [3.8, 4) is 0 Å². The third kappa shape index (κ3) is 3.13. The first kappa shape index (κ1) is 14.9. The second kappa shape index (κ2) is 6.28. The number of nitrogens with zero attached hydrogens (tertiary/aromatic N) is 1. The Morgan fingerprint density at radius 3 is 2.85 bits per heavy atom. The molecule has 1 aliphatic heterocycles. The van der Waals surface area contributed by atoms with Crippen molar-refractivity contribution >= 4 is 5.97 Å². The molecule has 0 bridgehead atoms. The van der Waals surface area contributed by atoms with Gasteiger partial charge in [0.25, 0.3) is 0 Å². The average Bonchev–Trinajstić information content (AvgIpc) is 2.42. The Morgan fingerprint density at radius 2 is 2.25 bits per heavy atom. The third-order valence-corrected chi connectivity index (χ3v) is 3.53. The Bertz CT molecular complexity index is 495. The first-order valence-corrected chi connectivity index (χ1v) is 6.56. The average molecular weight is 285 g/mol. The maximum absolute atomic E-state index is 13.2. The Kier molecular flexibility index (Phi) is 4.67. The van der Waals surface area contributed by atoms with Crippen LogP contribution in [0.5, 0.6) is 0 Å². The summed E-state index contributed by atoms with van der Waals surface area (Å²) in [6, 6.07) is 3.05. The number of carbonyl (C=O) groups is 1. The first-order chi connectivity index (χ1) is 9.52. The van der Waals surface area contributed by atoms with Crippen molar-refractivity contribution in [1.29, 1.82) is 0 Å². The van der Waals surface area contributed by atoms with E-state index in [-0.39, 0.29) is 0 Å². The zero-order valence-corrected chi connectivity index (χ0v) is 11.2. The van der Waals surface area contributed by atoms with Crippen LogP contribution in [0.3, 0.4) is 0 Å². The van der Waals surface area contributed by atoms with Crippen LogP contribution in [0.1, 0.15) is 25.0 Å². The molecule has 1 aromatic carbocycles. The van der Waals surface area contributed by atoms with Crippen molar-refractivity contribution in [3.63, 3.8) is 0 Å². The summed E-state index contributed by atoms with van der Waals surface area (Å²) in [5, 5.41) is 9.17. The molecule has 1 heterocycles. The van der Waals surface area contributed by atoms with Crippen LogP contribution in [0.4, 0.5) is 8.78 Å². The molecule has 20 heavy (non-hydrogen) atoms. The van der Waals surface area contributed by atoms with Gasteiger partial charge in [0.05, 0.1) is 12.7 Å². The summed E-state index contributed by atoms with van der Waals surface area (Å²) in [6.45, 7) is 3.05. The summed E-state index contributed by atoms with van der Waals surface area (Å²) in [6.07, 6.45) is 0.0482. The van der Waals surface area contributed by atoms with Crippen LogP contribution >= 0.6 is 0 Å². The van der Waals surface area contributed by atoms with Gasteiger partial charge in [-0.2, -0.15) is 0 Å². The van der Waals surface area contributed by atoms with Gasteiger partial charge < -0.3 is 9.84 Å². The molecular weight excluding hydrogens is 268 g/mol. The topological polar surface area (TPSA) is 49.8 Å². The quantitative estimate of drug-likeness (QED) is 0.921. The van der Waals surface area contributed by atoms with Crippen LogP contribution in [0.25, 0.3) is 0 Å². The second-order valence-corrected chi connectivity index (χ2v) is 4.79. The van der Waals surface area contributed by atoms with Gasteiger partial charge in [-0.15, -0.1) is 0 Å². The molecule has 1 fully saturated rings. The van der Waals surface area contributed by atoms with Crippen molar-refractivity contribution in [2.45, 2.75) is 25.5 Å². The van der Waals surface area contributed by atoms with Crippen LogP contribution in [0.15, 0.2) is 18.2 Å². The number of aliphatic carboxylic acids is 1. The van der Waals surface area contributed by atoms with E-state index in [0.29, 0.717) is 31.7 Å². The lowest BCUT2D eigenvalue weighted by atomic mass is 10.1. The lowest BCUT2D eigenvalue weighted by molar-refractivity contribution is -0.147. The van der Waals surface area contributed by atoms with Crippen molar-refractivity contribution in [3.05, 3.63) is 35.4 Å². The van der Waals surface area contributed by atoms with Crippen LogP contribution in [0, 0.1) is 11.6 Å². The van der Waals surface area contributed by atoms with E-state index in [9.17, 15) is 18.7 Å². The number of morpholine rings is 1. The van der Waals surface area contributed by atoms with E-state index in [2.05, 4.69) is 0 Å². The van der Waals surface area contributed by atoms with Gasteiger partial charge >= 0.3 is 5.97 Å². The minimum atomic E-state index is -0.923. The normalized spacial score (nSPS) is 21.6. The Hall–Kier alpha value is -1.53. The Balaban J connectivity index is 2.13. The summed E-state index contributed by atoms with van der Waals surface area (Å²) in [7, 11) is 0. The van der Waals surface area contributed by atoms with Crippen LogP contribution in [-0.2, 0) is 9.53 Å². The number of hydrogen-bond donors (Lipinski definition) is 1. The summed E-state index contributed by atoms with van der Waals surface area (Å²) >= 11 is 0. The minimum absolute atomic E-state index is 0.357. The molecule has 1 aromatic rings. The highest BCUT2D eigenvalue weighted by Gasteiger charge is 2.30. The van der Waals surface area contributed by atoms with E-state index in [4.69, 9.17) is 4.74 Å². The minimum Gasteiger partial charge on any atom is -0.480 e. The van der Waals surface area contributed by atoms with Gasteiger partial charge in [-0.25, -0.2) is 8.78 Å². The maximum Gasteiger partial charge on any atom is 0.320 e. The van der Waals surface area contributed by atoms with E-state index in [1.807, 2.05) is 0 Å². The van der Waals surface area contributed by atoms with E-state index in [1.165, 1.54) is 6.07 Å². The summed E-state index contributed by atoms with van der Waals surface area (Å²) in [5.74, 6) is -2.70. The van der Waals surface area contributed by atoms with Gasteiger partial charge in [0.15, 0.2) is 11.6 Å². The summed E-state index contributed by atoms with van der Waals surface area (Å²) in [4.78, 5) is 13.0. The molecule has 0 aliphatic carbocycles. The van der Waals surface area contributed by atoms with Crippen LogP contribution in [0.2, 0.25) is 0 Å². The number of ether oxygens (including phenoxy) is 1. The molecule has 6 heteroatoms. The summed E-state index contributed by atoms with van der Waals surface area (Å²) in [5.41, 5.74) is 0.522. The van der Waals surface area contributed by atoms with Gasteiger partial charge in [0, 0.05) is 13.1 Å². The zero-order chi connectivity index (χ0) is 14.7. The molecule has 4 nitrogen and oxygen atoms in total. The second-order valence-electron chi connectivity index (χ2n) is 4.79. The lowest BCUT2D eigenvalue weighted by Crippen LogP contribution is -2.48. The predicted molar refractivity (Wildman–Crippen MR) is 68.3 cm³/mol. The van der Waals surface area contributed by atoms with Gasteiger partial charge in [-0.05, 0) is 24.1 Å². The zero-order valence-electron chi connectivity index (χ0n) is 11.2. The van der Waals surface area contributed by atoms with Gasteiger partial charge in [0.2, 0.25) is 0 Å². The first-order valence-electron chi connectivity index (χ1n) is 6.56. The molecule has 2 unspecified atom stereocenters. The monoisotopic (exact) mass is 285 g/mol. The number of halogens is 2. The number of rotatable bonds is 4. The Labute approximate surface area is 116 Å². The maximum atomic E-state index is 13.2. The van der Waals surface area contributed by atoms with Crippen molar-refractivity contribution in [2.24, 2.45) is 0 Å². The van der Waals surface area contributed by atoms with Crippen molar-refractivity contribution in [1.82, 2.24) is 4.90 Å². The molecule has 1 N–H and O–H groups in total. The predicted octanol–water partition coefficient (Wildman–Crippen LogP) is 2.20. The van der Waals surface area contributed by atoms with Gasteiger partial charge in [-0.1, -0.05) is 13.0 Å². The number of hydrogen-bond acceptors (Lipinski definition) is 3. The number of benzene rings is 1. The molecular formula is C14H17F2NO3. The van der Waals surface area contributed by atoms with Gasteiger partial charge in [0.1, 0.15) is 6.04 Å². The lowest BCUT2D eigenvalue weighted by Gasteiger charge is -2.36. The van der Waals surface area contributed by atoms with Crippen LogP contribution in [-0.4, -0.2) is 41.7 Å². The van der Waals surface area contributed by atoms with Crippen LogP contribution < -0.4 is 0 Å².